The molecule has 1 atom stereocenters. The predicted octanol–water partition coefficient (Wildman–Crippen LogP) is 1.21. The van der Waals surface area contributed by atoms with Crippen LogP contribution in [0.2, 0.25) is 0 Å². The van der Waals surface area contributed by atoms with Gasteiger partial charge in [-0.1, -0.05) is 0 Å². The van der Waals surface area contributed by atoms with Gasteiger partial charge in [-0.15, -0.1) is 0 Å². The number of anilines is 1. The number of hydrogen-bond donors (Lipinski definition) is 3. The molecule has 1 saturated heterocycles. The van der Waals surface area contributed by atoms with Crippen molar-refractivity contribution in [2.75, 3.05) is 11.9 Å². The zero-order chi connectivity index (χ0) is 13.1. The SMILES string of the molecule is O=C(O)c1cc(NC(=O)[C@@H]2CCCO2)ccc1O. The van der Waals surface area contributed by atoms with E-state index in [-0.39, 0.29) is 17.2 Å². The van der Waals surface area contributed by atoms with Gasteiger partial charge < -0.3 is 20.3 Å². The Bertz CT molecular complexity index is 479. The van der Waals surface area contributed by atoms with E-state index in [1.54, 1.807) is 0 Å². The van der Waals surface area contributed by atoms with Crippen molar-refractivity contribution in [1.82, 2.24) is 0 Å². The monoisotopic (exact) mass is 251 g/mol. The summed E-state index contributed by atoms with van der Waals surface area (Å²) < 4.78 is 5.21. The lowest BCUT2D eigenvalue weighted by atomic mass is 10.1. The van der Waals surface area contributed by atoms with E-state index in [4.69, 9.17) is 9.84 Å². The van der Waals surface area contributed by atoms with E-state index in [0.29, 0.717) is 18.7 Å². The highest BCUT2D eigenvalue weighted by atomic mass is 16.5. The summed E-state index contributed by atoms with van der Waals surface area (Å²) in [5.74, 6) is -1.88. The molecule has 0 radical (unpaired) electrons. The molecule has 1 aromatic rings. The normalized spacial score (nSPS) is 18.6. The second kappa shape index (κ2) is 5.05. The molecule has 0 spiro atoms. The Kier molecular flexibility index (Phi) is 3.47. The number of carbonyl (C=O) groups is 2. The van der Waals surface area contributed by atoms with E-state index in [1.165, 1.54) is 18.2 Å². The number of benzene rings is 1. The maximum absolute atomic E-state index is 11.7. The molecule has 0 bridgehead atoms. The fraction of sp³-hybridized carbons (Fsp3) is 0.333. The molecule has 1 aromatic carbocycles. The van der Waals surface area contributed by atoms with E-state index in [1.807, 2.05) is 0 Å². The summed E-state index contributed by atoms with van der Waals surface area (Å²) in [5.41, 5.74) is 0.0749. The number of carbonyl (C=O) groups excluding carboxylic acids is 1. The fourth-order valence-electron chi connectivity index (χ4n) is 1.79. The standard InChI is InChI=1S/C12H13NO5/c14-9-4-3-7(6-8(9)12(16)17)13-11(15)10-2-1-5-18-10/h3-4,6,10,14H,1-2,5H2,(H,13,15)(H,16,17)/t10-/m0/s1. The van der Waals surface area contributed by atoms with Crippen molar-refractivity contribution in [3.05, 3.63) is 23.8 Å². The molecule has 0 aromatic heterocycles. The number of amides is 1. The van der Waals surface area contributed by atoms with Crippen molar-refractivity contribution < 1.29 is 24.5 Å². The third-order valence-electron chi connectivity index (χ3n) is 2.72. The smallest absolute Gasteiger partial charge is 0.339 e. The third kappa shape index (κ3) is 2.60. The Morgan fingerprint density at radius 3 is 2.78 bits per heavy atom. The molecular weight excluding hydrogens is 238 g/mol. The third-order valence-corrected chi connectivity index (χ3v) is 2.72. The van der Waals surface area contributed by atoms with Crippen molar-refractivity contribution in [2.45, 2.75) is 18.9 Å². The first-order valence-electron chi connectivity index (χ1n) is 5.56. The molecule has 0 unspecified atom stereocenters. The zero-order valence-corrected chi connectivity index (χ0v) is 9.55. The van der Waals surface area contributed by atoms with Gasteiger partial charge in [0, 0.05) is 12.3 Å². The van der Waals surface area contributed by atoms with Crippen LogP contribution in [-0.4, -0.2) is 34.8 Å². The second-order valence-corrected chi connectivity index (χ2v) is 4.03. The number of aromatic carboxylic acids is 1. The lowest BCUT2D eigenvalue weighted by Crippen LogP contribution is -2.26. The lowest BCUT2D eigenvalue weighted by Gasteiger charge is -2.11. The minimum absolute atomic E-state index is 0.250. The average Bonchev–Trinajstić information content (AvgIpc) is 2.85. The van der Waals surface area contributed by atoms with Gasteiger partial charge >= 0.3 is 5.97 Å². The molecule has 1 fully saturated rings. The average molecular weight is 251 g/mol. The van der Waals surface area contributed by atoms with Gasteiger partial charge in [0.15, 0.2) is 0 Å². The predicted molar refractivity (Wildman–Crippen MR) is 62.7 cm³/mol. The van der Waals surface area contributed by atoms with Gasteiger partial charge in [0.1, 0.15) is 17.4 Å². The minimum atomic E-state index is -1.25. The number of hydrogen-bond acceptors (Lipinski definition) is 4. The van der Waals surface area contributed by atoms with E-state index < -0.39 is 12.1 Å². The lowest BCUT2D eigenvalue weighted by molar-refractivity contribution is -0.124. The van der Waals surface area contributed by atoms with Crippen LogP contribution in [0.25, 0.3) is 0 Å². The number of ether oxygens (including phenoxy) is 1. The highest BCUT2D eigenvalue weighted by Crippen LogP contribution is 2.22. The summed E-state index contributed by atoms with van der Waals surface area (Å²) in [5, 5.41) is 20.7. The molecule has 6 nitrogen and oxygen atoms in total. The number of nitrogens with one attached hydrogen (secondary N) is 1. The van der Waals surface area contributed by atoms with Crippen LogP contribution in [0.4, 0.5) is 5.69 Å². The number of aromatic hydroxyl groups is 1. The summed E-state index contributed by atoms with van der Waals surface area (Å²) in [6.07, 6.45) is 1.02. The Morgan fingerprint density at radius 1 is 1.39 bits per heavy atom. The molecule has 96 valence electrons. The van der Waals surface area contributed by atoms with E-state index >= 15 is 0 Å². The van der Waals surface area contributed by atoms with Crippen LogP contribution in [0, 0.1) is 0 Å². The summed E-state index contributed by atoms with van der Waals surface area (Å²) >= 11 is 0. The molecule has 3 N–H and O–H groups in total. The molecule has 0 saturated carbocycles. The van der Waals surface area contributed by atoms with Crippen LogP contribution in [0.15, 0.2) is 18.2 Å². The van der Waals surface area contributed by atoms with Crippen LogP contribution >= 0.6 is 0 Å². The first kappa shape index (κ1) is 12.4. The number of rotatable bonds is 3. The second-order valence-electron chi connectivity index (χ2n) is 4.03. The Labute approximate surface area is 103 Å². The topological polar surface area (TPSA) is 95.9 Å². The number of phenols is 1. The van der Waals surface area contributed by atoms with Crippen molar-refractivity contribution >= 4 is 17.6 Å². The molecule has 6 heteroatoms. The summed E-state index contributed by atoms with van der Waals surface area (Å²) in [6.45, 7) is 0.564. The molecule has 1 amide bonds. The van der Waals surface area contributed by atoms with Crippen LogP contribution in [0.5, 0.6) is 5.75 Å². The van der Waals surface area contributed by atoms with Crippen molar-refractivity contribution in [2.24, 2.45) is 0 Å². The van der Waals surface area contributed by atoms with Crippen LogP contribution in [0.1, 0.15) is 23.2 Å². The Hall–Kier alpha value is -2.08. The van der Waals surface area contributed by atoms with Gasteiger partial charge in [-0.3, -0.25) is 4.79 Å². The van der Waals surface area contributed by atoms with Crippen LogP contribution < -0.4 is 5.32 Å². The van der Waals surface area contributed by atoms with Crippen molar-refractivity contribution in [3.8, 4) is 5.75 Å². The number of carboxylic acids is 1. The minimum Gasteiger partial charge on any atom is -0.507 e. The molecule has 0 aliphatic carbocycles. The van der Waals surface area contributed by atoms with Crippen molar-refractivity contribution in [1.29, 1.82) is 0 Å². The van der Waals surface area contributed by atoms with E-state index in [9.17, 15) is 14.7 Å². The highest BCUT2D eigenvalue weighted by molar-refractivity contribution is 5.97. The Morgan fingerprint density at radius 2 is 2.17 bits per heavy atom. The van der Waals surface area contributed by atoms with E-state index in [0.717, 1.165) is 6.42 Å². The quantitative estimate of drug-likeness (QED) is 0.702. The van der Waals surface area contributed by atoms with Gasteiger partial charge in [-0.05, 0) is 31.0 Å². The van der Waals surface area contributed by atoms with Gasteiger partial charge in [0.2, 0.25) is 0 Å². The first-order valence-corrected chi connectivity index (χ1v) is 5.56. The summed E-state index contributed by atoms with van der Waals surface area (Å²) in [6, 6.07) is 3.88. The molecule has 1 aliphatic rings. The van der Waals surface area contributed by atoms with Crippen LogP contribution in [0.3, 0.4) is 0 Å². The fourth-order valence-corrected chi connectivity index (χ4v) is 1.79. The van der Waals surface area contributed by atoms with Gasteiger partial charge in [0.25, 0.3) is 5.91 Å². The molecule has 1 heterocycles. The maximum atomic E-state index is 11.7. The van der Waals surface area contributed by atoms with E-state index in [2.05, 4.69) is 5.32 Å². The van der Waals surface area contributed by atoms with Gasteiger partial charge in [0.05, 0.1) is 0 Å². The number of carboxylic acid groups (broad SMARTS) is 1. The summed E-state index contributed by atoms with van der Waals surface area (Å²) in [7, 11) is 0. The first-order chi connectivity index (χ1) is 8.58. The highest BCUT2D eigenvalue weighted by Gasteiger charge is 2.23. The van der Waals surface area contributed by atoms with Crippen LogP contribution in [-0.2, 0) is 9.53 Å². The zero-order valence-electron chi connectivity index (χ0n) is 9.55. The summed E-state index contributed by atoms with van der Waals surface area (Å²) in [4.78, 5) is 22.6. The molecule has 1 aliphatic heterocycles. The van der Waals surface area contributed by atoms with Crippen molar-refractivity contribution in [3.63, 3.8) is 0 Å². The van der Waals surface area contributed by atoms with Gasteiger partial charge in [-0.25, -0.2) is 4.79 Å². The molecule has 2 rings (SSSR count). The van der Waals surface area contributed by atoms with Gasteiger partial charge in [-0.2, -0.15) is 0 Å². The molecular formula is C12H13NO5. The largest absolute Gasteiger partial charge is 0.507 e. The maximum Gasteiger partial charge on any atom is 0.339 e. The molecule has 18 heavy (non-hydrogen) atoms. The Balaban J connectivity index is 2.11.